The maximum atomic E-state index is 8.44. The highest BCUT2D eigenvalue weighted by Crippen LogP contribution is 1.99. The lowest BCUT2D eigenvalue weighted by molar-refractivity contribution is -0.906. The fourth-order valence-electron chi connectivity index (χ4n) is 0.852. The SMILES string of the molecule is CC[N+](C)(CC)CCOC.O=C([O-])O. The number of hydrogen-bond donors (Lipinski definition) is 1. The second kappa shape index (κ2) is 8.77. The molecule has 0 aromatic rings. The number of carboxylic acid groups (broad SMARTS) is 2. The fraction of sp³-hybridized carbons (Fsp3) is 0.889. The van der Waals surface area contributed by atoms with Gasteiger partial charge in [0, 0.05) is 7.11 Å². The highest BCUT2D eigenvalue weighted by atomic mass is 16.6. The molecular weight excluding hydrogens is 186 g/mol. The van der Waals surface area contributed by atoms with E-state index < -0.39 is 6.16 Å². The number of carbonyl (C=O) groups is 1. The van der Waals surface area contributed by atoms with Gasteiger partial charge in [-0.05, 0) is 13.8 Å². The van der Waals surface area contributed by atoms with Crippen molar-refractivity contribution in [1.29, 1.82) is 0 Å². The van der Waals surface area contributed by atoms with Gasteiger partial charge in [0.1, 0.15) is 6.54 Å². The van der Waals surface area contributed by atoms with E-state index in [0.717, 1.165) is 17.6 Å². The quantitative estimate of drug-likeness (QED) is 0.645. The highest BCUT2D eigenvalue weighted by molar-refractivity contribution is 5.50. The smallest absolute Gasteiger partial charge is 0.249 e. The summed E-state index contributed by atoms with van der Waals surface area (Å²) >= 11 is 0. The first-order valence-electron chi connectivity index (χ1n) is 4.64. The second-order valence-electron chi connectivity index (χ2n) is 3.23. The zero-order valence-electron chi connectivity index (χ0n) is 9.45. The van der Waals surface area contributed by atoms with E-state index in [-0.39, 0.29) is 0 Å². The van der Waals surface area contributed by atoms with Crippen LogP contribution in [0, 0.1) is 0 Å². The number of nitrogens with zero attached hydrogens (tertiary/aromatic N) is 1. The molecule has 0 unspecified atom stereocenters. The molecule has 0 fully saturated rings. The highest BCUT2D eigenvalue weighted by Gasteiger charge is 2.14. The standard InChI is InChI=1S/C8H20NO.CH2O3/c1-5-9(3,6-2)7-8-10-4;2-1(3)4/h5-8H2,1-4H3;(H2,2,3,4)/q+1;/p-1. The minimum absolute atomic E-state index is 0.873. The van der Waals surface area contributed by atoms with Crippen LogP contribution >= 0.6 is 0 Å². The van der Waals surface area contributed by atoms with E-state index in [4.69, 9.17) is 19.7 Å². The molecule has 0 aromatic carbocycles. The van der Waals surface area contributed by atoms with Crippen molar-refractivity contribution >= 4 is 6.16 Å². The van der Waals surface area contributed by atoms with E-state index in [9.17, 15) is 0 Å². The van der Waals surface area contributed by atoms with Gasteiger partial charge in [0.2, 0.25) is 6.16 Å². The lowest BCUT2D eigenvalue weighted by atomic mass is 10.4. The average molecular weight is 207 g/mol. The summed E-state index contributed by atoms with van der Waals surface area (Å²) in [6.07, 6.45) is -2.08. The van der Waals surface area contributed by atoms with E-state index in [1.54, 1.807) is 7.11 Å². The normalized spacial score (nSPS) is 10.3. The van der Waals surface area contributed by atoms with Crippen LogP contribution in [0.4, 0.5) is 4.79 Å². The summed E-state index contributed by atoms with van der Waals surface area (Å²) in [6, 6.07) is 0. The van der Waals surface area contributed by atoms with Crippen molar-refractivity contribution in [2.24, 2.45) is 0 Å². The molecule has 0 spiro atoms. The molecule has 0 atom stereocenters. The summed E-state index contributed by atoms with van der Waals surface area (Å²) in [7, 11) is 4.02. The van der Waals surface area contributed by atoms with Crippen molar-refractivity contribution in [2.45, 2.75) is 13.8 Å². The van der Waals surface area contributed by atoms with Crippen LogP contribution < -0.4 is 5.11 Å². The Labute approximate surface area is 85.5 Å². The number of methoxy groups -OCH3 is 1. The first-order chi connectivity index (χ1) is 6.41. The summed E-state index contributed by atoms with van der Waals surface area (Å²) in [5.74, 6) is 0. The van der Waals surface area contributed by atoms with Gasteiger partial charge in [0.05, 0.1) is 26.7 Å². The number of ether oxygens (including phenoxy) is 1. The number of rotatable bonds is 5. The monoisotopic (exact) mass is 207 g/mol. The van der Waals surface area contributed by atoms with E-state index in [1.807, 2.05) is 0 Å². The van der Waals surface area contributed by atoms with E-state index in [0.29, 0.717) is 0 Å². The Morgan fingerprint density at radius 2 is 1.79 bits per heavy atom. The van der Waals surface area contributed by atoms with Crippen LogP contribution in [0.15, 0.2) is 0 Å². The predicted octanol–water partition coefficient (Wildman–Crippen LogP) is 0.00690. The van der Waals surface area contributed by atoms with E-state index >= 15 is 0 Å². The van der Waals surface area contributed by atoms with Crippen LogP contribution in [0.2, 0.25) is 0 Å². The third-order valence-electron chi connectivity index (χ3n) is 2.36. The molecule has 0 amide bonds. The molecule has 0 aliphatic carbocycles. The third-order valence-corrected chi connectivity index (χ3v) is 2.36. The third kappa shape index (κ3) is 11.2. The molecule has 0 bridgehead atoms. The molecule has 0 rings (SSSR count). The van der Waals surface area contributed by atoms with Crippen molar-refractivity contribution in [1.82, 2.24) is 0 Å². The van der Waals surface area contributed by atoms with Crippen LogP contribution in [0.5, 0.6) is 0 Å². The topological polar surface area (TPSA) is 69.6 Å². The molecule has 1 N–H and O–H groups in total. The molecule has 14 heavy (non-hydrogen) atoms. The van der Waals surface area contributed by atoms with Crippen LogP contribution in [-0.2, 0) is 4.74 Å². The second-order valence-corrected chi connectivity index (χ2v) is 3.23. The summed E-state index contributed by atoms with van der Waals surface area (Å²) in [5, 5.41) is 15.3. The minimum atomic E-state index is -2.08. The zero-order chi connectivity index (χ0) is 11.6. The molecule has 0 saturated carbocycles. The lowest BCUT2D eigenvalue weighted by Crippen LogP contribution is -2.45. The summed E-state index contributed by atoms with van der Waals surface area (Å²) in [4.78, 5) is 8.44. The molecule has 0 aromatic heterocycles. The van der Waals surface area contributed by atoms with Gasteiger partial charge in [0.25, 0.3) is 0 Å². The van der Waals surface area contributed by atoms with Gasteiger partial charge in [-0.2, -0.15) is 0 Å². The molecule has 86 valence electrons. The van der Waals surface area contributed by atoms with Gasteiger partial charge < -0.3 is 24.2 Å². The number of hydrogen-bond acceptors (Lipinski definition) is 3. The summed E-state index contributed by atoms with van der Waals surface area (Å²) in [5.41, 5.74) is 0. The number of quaternary nitrogens is 1. The van der Waals surface area contributed by atoms with Gasteiger partial charge in [-0.15, -0.1) is 0 Å². The van der Waals surface area contributed by atoms with Crippen molar-refractivity contribution in [3.05, 3.63) is 0 Å². The molecule has 5 heteroatoms. The molecular formula is C9H21NO4. The fourth-order valence-corrected chi connectivity index (χ4v) is 0.852. The average Bonchev–Trinajstić information content (AvgIpc) is 2.13. The molecule has 0 heterocycles. The van der Waals surface area contributed by atoms with Crippen molar-refractivity contribution in [3.63, 3.8) is 0 Å². The van der Waals surface area contributed by atoms with Gasteiger partial charge >= 0.3 is 0 Å². The Balaban J connectivity index is 0. The largest absolute Gasteiger partial charge is 0.565 e. The van der Waals surface area contributed by atoms with Crippen LogP contribution in [0.25, 0.3) is 0 Å². The first kappa shape index (κ1) is 15.7. The lowest BCUT2D eigenvalue weighted by Gasteiger charge is -2.31. The van der Waals surface area contributed by atoms with Gasteiger partial charge in [-0.25, -0.2) is 0 Å². The Hall–Kier alpha value is -0.810. The maximum absolute atomic E-state index is 8.44. The first-order valence-corrected chi connectivity index (χ1v) is 4.64. The van der Waals surface area contributed by atoms with E-state index in [1.165, 1.54) is 13.1 Å². The Morgan fingerprint density at radius 3 is 2.00 bits per heavy atom. The molecule has 0 radical (unpaired) electrons. The van der Waals surface area contributed by atoms with Crippen molar-refractivity contribution in [2.75, 3.05) is 40.4 Å². The van der Waals surface area contributed by atoms with Gasteiger partial charge in [-0.3, -0.25) is 0 Å². The Bertz CT molecular complexity index is 142. The molecule has 0 aliphatic rings. The molecule has 5 nitrogen and oxygen atoms in total. The Kier molecular flexibility index (Phi) is 9.81. The van der Waals surface area contributed by atoms with Crippen molar-refractivity contribution in [3.8, 4) is 0 Å². The molecule has 0 saturated heterocycles. The Morgan fingerprint density at radius 1 is 1.43 bits per heavy atom. The molecule has 0 aliphatic heterocycles. The summed E-state index contributed by atoms with van der Waals surface area (Å²) in [6.45, 7) is 8.83. The minimum Gasteiger partial charge on any atom is -0.565 e. The zero-order valence-corrected chi connectivity index (χ0v) is 9.45. The van der Waals surface area contributed by atoms with Crippen molar-refractivity contribution < 1.29 is 24.2 Å². The number of likely N-dealkylation sites (N-methyl/N-ethyl adjacent to an activating group) is 1. The predicted molar refractivity (Wildman–Crippen MR) is 52.0 cm³/mol. The van der Waals surface area contributed by atoms with Crippen LogP contribution in [0.3, 0.4) is 0 Å². The summed E-state index contributed by atoms with van der Waals surface area (Å²) < 4.78 is 6.14. The van der Waals surface area contributed by atoms with Gasteiger partial charge in [0.15, 0.2) is 0 Å². The van der Waals surface area contributed by atoms with Crippen LogP contribution in [-0.4, -0.2) is 56.1 Å². The van der Waals surface area contributed by atoms with Crippen LogP contribution in [0.1, 0.15) is 13.8 Å². The maximum Gasteiger partial charge on any atom is 0.249 e. The van der Waals surface area contributed by atoms with Gasteiger partial charge in [-0.1, -0.05) is 0 Å². The van der Waals surface area contributed by atoms with E-state index in [2.05, 4.69) is 20.9 Å².